The second-order valence-electron chi connectivity index (χ2n) is 9.25. The summed E-state index contributed by atoms with van der Waals surface area (Å²) in [7, 11) is -4.04. The molecule has 0 N–H and O–H groups in total. The number of carbonyl (C=O) groups excluding carboxylic acids is 2. The fourth-order valence-corrected chi connectivity index (χ4v) is 7.23. The first-order valence-electron chi connectivity index (χ1n) is 11.5. The SMILES string of the molecule is CCOC(=O)[C@H]1CN(S(=O)(=O)c2ccccc2)[C@]2(C)C(=O)N(CC3CC3)c3ccccc3[C@H]12. The number of esters is 1. The summed E-state index contributed by atoms with van der Waals surface area (Å²) in [6.07, 6.45) is 2.12. The molecule has 2 heterocycles. The van der Waals surface area contributed by atoms with Crippen molar-refractivity contribution in [3.8, 4) is 0 Å². The summed E-state index contributed by atoms with van der Waals surface area (Å²) in [6, 6.07) is 15.7. The maximum absolute atomic E-state index is 14.1. The predicted octanol–water partition coefficient (Wildman–Crippen LogP) is 3.17. The van der Waals surface area contributed by atoms with Crippen molar-refractivity contribution in [3.05, 3.63) is 60.2 Å². The fraction of sp³-hybridized carbons (Fsp3) is 0.440. The standard InChI is InChI=1S/C25H28N2O5S/c1-3-32-23(28)20-16-27(33(30,31)18-9-5-4-6-10-18)25(2)22(20)19-11-7-8-12-21(19)26(24(25)29)15-17-13-14-17/h4-12,17,20,22H,3,13-16H2,1-2H3/t20-,22+,25-/m0/s1. The molecule has 3 atom stereocenters. The maximum atomic E-state index is 14.1. The van der Waals surface area contributed by atoms with Gasteiger partial charge >= 0.3 is 5.97 Å². The second-order valence-corrected chi connectivity index (χ2v) is 11.1. The number of hydrogen-bond donors (Lipinski definition) is 0. The van der Waals surface area contributed by atoms with Crippen LogP contribution in [0.25, 0.3) is 0 Å². The Balaban J connectivity index is 1.70. The molecule has 174 valence electrons. The lowest BCUT2D eigenvalue weighted by Gasteiger charge is -2.46. The van der Waals surface area contributed by atoms with E-state index in [2.05, 4.69) is 0 Å². The predicted molar refractivity (Wildman–Crippen MR) is 123 cm³/mol. The Morgan fingerprint density at radius 2 is 1.76 bits per heavy atom. The lowest BCUT2D eigenvalue weighted by molar-refractivity contribution is -0.148. The molecule has 0 radical (unpaired) electrons. The van der Waals surface area contributed by atoms with Crippen molar-refractivity contribution in [3.63, 3.8) is 0 Å². The van der Waals surface area contributed by atoms with Crippen LogP contribution < -0.4 is 4.90 Å². The molecule has 2 fully saturated rings. The molecular weight excluding hydrogens is 440 g/mol. The zero-order valence-corrected chi connectivity index (χ0v) is 19.6. The van der Waals surface area contributed by atoms with Crippen LogP contribution in [0.2, 0.25) is 0 Å². The molecule has 8 heteroatoms. The Morgan fingerprint density at radius 3 is 2.42 bits per heavy atom. The number of sulfonamides is 1. The topological polar surface area (TPSA) is 84.0 Å². The number of rotatable bonds is 6. The van der Waals surface area contributed by atoms with Crippen LogP contribution in [0.5, 0.6) is 0 Å². The zero-order chi connectivity index (χ0) is 23.4. The van der Waals surface area contributed by atoms with Gasteiger partial charge in [0.2, 0.25) is 15.9 Å². The smallest absolute Gasteiger partial charge is 0.310 e. The quantitative estimate of drug-likeness (QED) is 0.608. The highest BCUT2D eigenvalue weighted by atomic mass is 32.2. The number of hydrogen-bond acceptors (Lipinski definition) is 5. The van der Waals surface area contributed by atoms with Gasteiger partial charge in [0, 0.05) is 24.7 Å². The van der Waals surface area contributed by atoms with Crippen molar-refractivity contribution in [2.75, 3.05) is 24.6 Å². The number of anilines is 1. The summed E-state index contributed by atoms with van der Waals surface area (Å²) in [5.74, 6) is -1.73. The molecule has 5 rings (SSSR count). The molecule has 1 aliphatic carbocycles. The molecule has 2 aromatic carbocycles. The first-order chi connectivity index (χ1) is 15.8. The third-order valence-corrected chi connectivity index (χ3v) is 9.16. The van der Waals surface area contributed by atoms with Gasteiger partial charge in [-0.25, -0.2) is 8.42 Å². The van der Waals surface area contributed by atoms with E-state index in [4.69, 9.17) is 4.74 Å². The van der Waals surface area contributed by atoms with E-state index in [-0.39, 0.29) is 24.0 Å². The van der Waals surface area contributed by atoms with Crippen LogP contribution in [-0.2, 0) is 24.3 Å². The van der Waals surface area contributed by atoms with Crippen LogP contribution in [0.1, 0.15) is 38.2 Å². The van der Waals surface area contributed by atoms with Crippen molar-refractivity contribution in [2.45, 2.75) is 43.0 Å². The normalized spacial score (nSPS) is 27.2. The molecule has 0 aromatic heterocycles. The fourth-order valence-electron chi connectivity index (χ4n) is 5.43. The van der Waals surface area contributed by atoms with E-state index in [1.54, 1.807) is 36.9 Å². The zero-order valence-electron chi connectivity index (χ0n) is 18.8. The van der Waals surface area contributed by atoms with Gasteiger partial charge in [-0.05, 0) is 56.4 Å². The van der Waals surface area contributed by atoms with Crippen molar-refractivity contribution in [2.24, 2.45) is 11.8 Å². The van der Waals surface area contributed by atoms with Crippen LogP contribution in [0.3, 0.4) is 0 Å². The largest absolute Gasteiger partial charge is 0.466 e. The van der Waals surface area contributed by atoms with Gasteiger partial charge in [0.1, 0.15) is 5.54 Å². The summed E-state index contributed by atoms with van der Waals surface area (Å²) in [5, 5.41) is 0. The Hall–Kier alpha value is -2.71. The number of para-hydroxylation sites is 1. The van der Waals surface area contributed by atoms with E-state index >= 15 is 0 Å². The van der Waals surface area contributed by atoms with E-state index < -0.39 is 33.4 Å². The highest BCUT2D eigenvalue weighted by Crippen LogP contribution is 2.55. The van der Waals surface area contributed by atoms with E-state index in [1.807, 2.05) is 24.3 Å². The van der Waals surface area contributed by atoms with Crippen molar-refractivity contribution in [1.29, 1.82) is 0 Å². The first kappa shape index (κ1) is 22.1. The summed E-state index contributed by atoms with van der Waals surface area (Å²) >= 11 is 0. The van der Waals surface area contributed by atoms with Gasteiger partial charge in [0.05, 0.1) is 17.4 Å². The molecule has 7 nitrogen and oxygen atoms in total. The number of benzene rings is 2. The van der Waals surface area contributed by atoms with Gasteiger partial charge in [-0.1, -0.05) is 36.4 Å². The number of ether oxygens (including phenoxy) is 1. The van der Waals surface area contributed by atoms with Crippen molar-refractivity contribution in [1.82, 2.24) is 4.31 Å². The molecule has 1 amide bonds. The van der Waals surface area contributed by atoms with E-state index in [0.29, 0.717) is 12.5 Å². The van der Waals surface area contributed by atoms with Crippen LogP contribution in [0.15, 0.2) is 59.5 Å². The van der Waals surface area contributed by atoms with E-state index in [9.17, 15) is 18.0 Å². The lowest BCUT2D eigenvalue weighted by atomic mass is 9.72. The third kappa shape index (κ3) is 3.38. The minimum atomic E-state index is -4.04. The van der Waals surface area contributed by atoms with E-state index in [0.717, 1.165) is 24.1 Å². The molecule has 3 aliphatic rings. The van der Waals surface area contributed by atoms with Crippen LogP contribution in [0.4, 0.5) is 5.69 Å². The molecule has 2 aromatic rings. The van der Waals surface area contributed by atoms with Crippen LogP contribution in [-0.4, -0.2) is 49.8 Å². The van der Waals surface area contributed by atoms with Gasteiger partial charge in [-0.2, -0.15) is 4.31 Å². The van der Waals surface area contributed by atoms with Gasteiger partial charge in [0.25, 0.3) is 0 Å². The minimum absolute atomic E-state index is 0.103. The van der Waals surface area contributed by atoms with Crippen molar-refractivity contribution < 1.29 is 22.7 Å². The summed E-state index contributed by atoms with van der Waals surface area (Å²) < 4.78 is 34.2. The molecule has 1 saturated heterocycles. The van der Waals surface area contributed by atoms with Crippen LogP contribution >= 0.6 is 0 Å². The summed E-state index contributed by atoms with van der Waals surface area (Å²) in [6.45, 7) is 4.04. The number of nitrogens with zero attached hydrogens (tertiary/aromatic N) is 2. The summed E-state index contributed by atoms with van der Waals surface area (Å²) in [5.41, 5.74) is 0.157. The van der Waals surface area contributed by atoms with Crippen LogP contribution in [0, 0.1) is 11.8 Å². The maximum Gasteiger partial charge on any atom is 0.310 e. The van der Waals surface area contributed by atoms with Crippen molar-refractivity contribution >= 4 is 27.6 Å². The summed E-state index contributed by atoms with van der Waals surface area (Å²) in [4.78, 5) is 29.1. The Bertz CT molecular complexity index is 1190. The average Bonchev–Trinajstić information content (AvgIpc) is 3.57. The Kier molecular flexibility index (Phi) is 5.33. The third-order valence-electron chi connectivity index (χ3n) is 7.19. The first-order valence-corrected chi connectivity index (χ1v) is 12.9. The average molecular weight is 469 g/mol. The van der Waals surface area contributed by atoms with Gasteiger partial charge < -0.3 is 9.64 Å². The molecule has 33 heavy (non-hydrogen) atoms. The number of carbonyl (C=O) groups is 2. The Labute approximate surface area is 194 Å². The van der Waals surface area contributed by atoms with E-state index in [1.165, 1.54) is 16.4 Å². The lowest BCUT2D eigenvalue weighted by Crippen LogP contribution is -2.61. The number of fused-ring (bicyclic) bond motifs is 3. The highest BCUT2D eigenvalue weighted by Gasteiger charge is 2.65. The van der Waals surface area contributed by atoms with Gasteiger partial charge in [-0.3, -0.25) is 9.59 Å². The molecular formula is C25H28N2O5S. The number of amides is 1. The molecule has 0 bridgehead atoms. The monoisotopic (exact) mass is 468 g/mol. The van der Waals surface area contributed by atoms with Gasteiger partial charge in [-0.15, -0.1) is 0 Å². The minimum Gasteiger partial charge on any atom is -0.466 e. The van der Waals surface area contributed by atoms with Gasteiger partial charge in [0.15, 0.2) is 0 Å². The molecule has 0 unspecified atom stereocenters. The molecule has 1 saturated carbocycles. The Morgan fingerprint density at radius 1 is 1.09 bits per heavy atom. The molecule has 0 spiro atoms. The molecule has 2 aliphatic heterocycles. The second kappa shape index (κ2) is 7.95. The highest BCUT2D eigenvalue weighted by molar-refractivity contribution is 7.89.